The van der Waals surface area contributed by atoms with E-state index in [1.807, 2.05) is 13.8 Å². The van der Waals surface area contributed by atoms with Gasteiger partial charge in [-0.2, -0.15) is 0 Å². The SMILES string of the molecule is C/C=C\c1cc2cc3c4c5c6c7c8c9c%10c%11c%12c%13c(cc%14c%12c%12c%15c%16c(cc%17c%18ccc%19c%18c(c8c6c%19c1c25)c(c%17%16)c9c%11%15)C=CC%12CC%14)=CC1C%13C%10C72C(CCCC(=O)OCCCCOC(=O)C(C)CC)(c5ccccc5)C42C1C=3. The highest BCUT2D eigenvalue weighted by molar-refractivity contribution is 6.61. The Morgan fingerprint density at radius 3 is 2.26 bits per heavy atom. The second-order valence-corrected chi connectivity index (χ2v) is 27.0. The average Bonchev–Trinajstić information content (AvgIpc) is 1.61. The summed E-state index contributed by atoms with van der Waals surface area (Å²) in [7, 11) is 0. The Kier molecular flexibility index (Phi) is 6.39. The summed E-state index contributed by atoms with van der Waals surface area (Å²) in [6, 6.07) is 27.6. The van der Waals surface area contributed by atoms with Crippen LogP contribution in [0.1, 0.15) is 134 Å². The number of carbonyl (C=O) groups is 2. The Bertz CT molecular complexity index is 5620. The summed E-state index contributed by atoms with van der Waals surface area (Å²) in [5.41, 5.74) is 13.3. The van der Waals surface area contributed by atoms with E-state index >= 15 is 0 Å². The van der Waals surface area contributed by atoms with Crippen molar-refractivity contribution in [1.29, 1.82) is 0 Å². The number of allylic oxidation sites excluding steroid dienone is 2. The van der Waals surface area contributed by atoms with E-state index < -0.39 is 0 Å². The summed E-state index contributed by atoms with van der Waals surface area (Å²) in [6.45, 7) is 6.83. The summed E-state index contributed by atoms with van der Waals surface area (Å²) >= 11 is 0. The fourth-order valence-electron chi connectivity index (χ4n) is 23.1. The third kappa shape index (κ3) is 3.56. The molecule has 2 spiro atoms. The molecule has 14 aromatic rings. The van der Waals surface area contributed by atoms with Crippen molar-refractivity contribution in [2.24, 2.45) is 17.8 Å². The Morgan fingerprint density at radius 2 is 1.39 bits per heavy atom. The number of hydrogen-bond donors (Lipinski definition) is 0. The van der Waals surface area contributed by atoms with Gasteiger partial charge in [0.1, 0.15) is 0 Å². The van der Waals surface area contributed by atoms with Gasteiger partial charge in [-0.1, -0.05) is 98.8 Å². The molecule has 0 radical (unpaired) electrons. The first-order valence-corrected chi connectivity index (χ1v) is 30.6. The number of aryl methyl sites for hydroxylation is 1. The number of carbonyl (C=O) groups excluding carboxylic acids is 2. The standard InChI is InChI=1S/C76H52O4/c1-4-12-33-25-36-27-38-30-44-43-29-37-26-34-18-16-32-17-19-35-28-42-40-20-21-41-52(40)58-59-54(42)49(35)56-46(32)48(34)57-51(37)55(43)71-67-63(57)61(56)62(59)65(67)68-64(58)60-53(41)47(33)50(36)66-69(60)72(68)76(71)74(75(44,76)70(38)66,39-13-7-6-8-14-39)22-11-15-45(77)79-23-9-10-24-80-73(78)31(3)5-2/h4,6-8,12-14,17,19-21,25-32,43-44,55,71H,5,9-11,15-16,18,22-24H2,1-3H3/b12-4-. The van der Waals surface area contributed by atoms with Crippen molar-refractivity contribution < 1.29 is 19.1 Å². The van der Waals surface area contributed by atoms with E-state index in [0.29, 0.717) is 50.2 Å². The van der Waals surface area contributed by atoms with Gasteiger partial charge in [0.2, 0.25) is 0 Å². The highest BCUT2D eigenvalue weighted by Crippen LogP contribution is 2.97. The fourth-order valence-corrected chi connectivity index (χ4v) is 23.1. The molecule has 9 atom stereocenters. The molecule has 2 saturated carbocycles. The number of rotatable bonds is 13. The zero-order valence-corrected chi connectivity index (χ0v) is 45.0. The van der Waals surface area contributed by atoms with Gasteiger partial charge < -0.3 is 9.47 Å². The lowest BCUT2D eigenvalue weighted by molar-refractivity contribution is -0.149. The molecule has 0 amide bonds. The van der Waals surface area contributed by atoms with Crippen LogP contribution in [0.3, 0.4) is 0 Å². The predicted molar refractivity (Wildman–Crippen MR) is 326 cm³/mol. The van der Waals surface area contributed by atoms with Crippen LogP contribution in [0.2, 0.25) is 0 Å². The first kappa shape index (κ1) is 41.2. The topological polar surface area (TPSA) is 52.6 Å². The summed E-state index contributed by atoms with van der Waals surface area (Å²) < 4.78 is 11.7. The highest BCUT2D eigenvalue weighted by atomic mass is 16.5. The molecule has 9 unspecified atom stereocenters. The normalized spacial score (nSPS) is 27.4. The van der Waals surface area contributed by atoms with E-state index in [4.69, 9.17) is 9.47 Å². The van der Waals surface area contributed by atoms with E-state index in [9.17, 15) is 9.59 Å². The lowest BCUT2D eigenvalue weighted by Gasteiger charge is -2.52. The molecule has 0 N–H and O–H groups in total. The number of ether oxygens (including phenoxy) is 2. The molecule has 9 aliphatic rings. The molecule has 23 rings (SSSR count). The molecule has 2 fully saturated rings. The summed E-state index contributed by atoms with van der Waals surface area (Å²) in [6.07, 6.45) is 22.1. The van der Waals surface area contributed by atoms with E-state index in [0.717, 1.165) is 32.1 Å². The van der Waals surface area contributed by atoms with Crippen LogP contribution in [0.5, 0.6) is 0 Å². The number of benzene rings is 9. The number of hydrogen-bond acceptors (Lipinski definition) is 4. The van der Waals surface area contributed by atoms with Gasteiger partial charge in [0, 0.05) is 34.5 Å². The van der Waals surface area contributed by atoms with Crippen molar-refractivity contribution in [3.8, 4) is 0 Å². The van der Waals surface area contributed by atoms with E-state index in [-0.39, 0.29) is 45.9 Å². The second-order valence-electron chi connectivity index (χ2n) is 27.0. The van der Waals surface area contributed by atoms with Crippen LogP contribution in [0.25, 0.3) is 154 Å². The maximum atomic E-state index is 14.3. The maximum Gasteiger partial charge on any atom is 0.308 e. The van der Waals surface area contributed by atoms with Gasteiger partial charge in [-0.3, -0.25) is 9.59 Å². The van der Waals surface area contributed by atoms with Crippen molar-refractivity contribution >= 4 is 166 Å². The quantitative estimate of drug-likeness (QED) is 0.0500. The Hall–Kier alpha value is -7.82. The van der Waals surface area contributed by atoms with Crippen molar-refractivity contribution in [1.82, 2.24) is 0 Å². The molecule has 9 aliphatic carbocycles. The predicted octanol–water partition coefficient (Wildman–Crippen LogP) is 16.2. The molecule has 0 heterocycles. The molecule has 4 heteroatoms. The number of esters is 2. The lowest BCUT2D eigenvalue weighted by Crippen LogP contribution is -2.47. The number of unbranched alkanes of at least 4 members (excludes halogenated alkanes) is 1. The maximum absolute atomic E-state index is 14.3. The van der Waals surface area contributed by atoms with E-state index in [1.54, 1.807) is 109 Å². The van der Waals surface area contributed by atoms with Crippen LogP contribution >= 0.6 is 0 Å². The third-order valence-corrected chi connectivity index (χ3v) is 24.9. The molecule has 0 aromatic heterocycles. The largest absolute Gasteiger partial charge is 0.466 e. The van der Waals surface area contributed by atoms with Gasteiger partial charge in [0.15, 0.2) is 0 Å². The lowest BCUT2D eigenvalue weighted by atomic mass is 9.49. The van der Waals surface area contributed by atoms with Crippen molar-refractivity contribution in [3.05, 3.63) is 139 Å². The molecule has 0 aliphatic heterocycles. The number of fused-ring (bicyclic) bond motifs is 4. The Labute approximate surface area is 458 Å². The molecule has 4 nitrogen and oxygen atoms in total. The molecular weight excluding hydrogens is 977 g/mol. The minimum atomic E-state index is -0.323. The minimum absolute atomic E-state index is 0.0999. The van der Waals surface area contributed by atoms with Gasteiger partial charge >= 0.3 is 11.9 Å². The summed E-state index contributed by atoms with van der Waals surface area (Å²) in [4.78, 5) is 26.7. The van der Waals surface area contributed by atoms with E-state index in [1.165, 1.54) is 81.2 Å². The van der Waals surface area contributed by atoms with Crippen LogP contribution in [0.4, 0.5) is 0 Å². The van der Waals surface area contributed by atoms with Gasteiger partial charge in [-0.05, 0) is 278 Å². The first-order valence-electron chi connectivity index (χ1n) is 30.6. The molecule has 80 heavy (non-hydrogen) atoms. The third-order valence-electron chi connectivity index (χ3n) is 24.9. The Morgan fingerprint density at radius 1 is 0.650 bits per heavy atom. The summed E-state index contributed by atoms with van der Waals surface area (Å²) in [5, 5.41) is 39.9. The van der Waals surface area contributed by atoms with Crippen LogP contribution in [-0.4, -0.2) is 25.2 Å². The van der Waals surface area contributed by atoms with Gasteiger partial charge in [0.25, 0.3) is 0 Å². The van der Waals surface area contributed by atoms with Gasteiger partial charge in [-0.25, -0.2) is 0 Å². The van der Waals surface area contributed by atoms with Crippen LogP contribution in [0, 0.1) is 17.8 Å². The van der Waals surface area contributed by atoms with Gasteiger partial charge in [0.05, 0.1) is 19.1 Å². The zero-order chi connectivity index (χ0) is 51.8. The van der Waals surface area contributed by atoms with Crippen LogP contribution in [0.15, 0.2) is 78.9 Å². The van der Waals surface area contributed by atoms with Gasteiger partial charge in [-0.15, -0.1) is 0 Å². The molecule has 380 valence electrons. The monoisotopic (exact) mass is 1030 g/mol. The van der Waals surface area contributed by atoms with Crippen LogP contribution in [-0.2, 0) is 41.7 Å². The smallest absolute Gasteiger partial charge is 0.308 e. The average molecular weight is 1030 g/mol. The van der Waals surface area contributed by atoms with Crippen LogP contribution < -0.4 is 10.4 Å². The van der Waals surface area contributed by atoms with Crippen molar-refractivity contribution in [3.63, 3.8) is 0 Å². The first-order chi connectivity index (χ1) is 39.4. The van der Waals surface area contributed by atoms with Crippen molar-refractivity contribution in [2.75, 3.05) is 13.2 Å². The fraction of sp³-hybridized carbons (Fsp3) is 0.289. The van der Waals surface area contributed by atoms with E-state index in [2.05, 4.69) is 110 Å². The molecule has 14 aromatic carbocycles. The Balaban J connectivity index is 0.890. The molecule has 0 bridgehead atoms. The highest BCUT2D eigenvalue weighted by Gasteiger charge is 2.96. The zero-order valence-electron chi connectivity index (χ0n) is 45.0. The minimum Gasteiger partial charge on any atom is -0.466 e. The second kappa shape index (κ2) is 12.4. The molecular formula is C76H52O4. The summed E-state index contributed by atoms with van der Waals surface area (Å²) in [5.74, 6) is 1.23. The van der Waals surface area contributed by atoms with Crippen molar-refractivity contribution in [2.45, 2.75) is 106 Å². The molecule has 0 saturated heterocycles.